The molecule has 0 fully saturated rings. The molecule has 0 bridgehead atoms. The van der Waals surface area contributed by atoms with Gasteiger partial charge in [-0.05, 0) is 35.7 Å². The molecular weight excluding hydrogens is 529 g/mol. The lowest BCUT2D eigenvalue weighted by atomic mass is 9.92. The number of hydrogen-bond donors (Lipinski definition) is 4. The maximum Gasteiger partial charge on any atom is 0.224 e. The van der Waals surface area contributed by atoms with Gasteiger partial charge < -0.3 is 21.5 Å². The van der Waals surface area contributed by atoms with Crippen molar-refractivity contribution in [1.29, 1.82) is 0 Å². The summed E-state index contributed by atoms with van der Waals surface area (Å²) in [6, 6.07) is 11.1. The van der Waals surface area contributed by atoms with E-state index in [1.807, 2.05) is 51.1 Å². The third-order valence-electron chi connectivity index (χ3n) is 7.13. The normalized spacial score (nSPS) is 16.0. The van der Waals surface area contributed by atoms with E-state index in [0.29, 0.717) is 58.9 Å². The van der Waals surface area contributed by atoms with Crippen molar-refractivity contribution in [2.24, 2.45) is 10.4 Å². The number of fused-ring (bicyclic) bond motifs is 1. The van der Waals surface area contributed by atoms with E-state index in [-0.39, 0.29) is 11.3 Å². The van der Waals surface area contributed by atoms with E-state index in [2.05, 4.69) is 43.6 Å². The largest absolute Gasteiger partial charge is 0.343 e. The molecule has 0 unspecified atom stereocenters. The first-order valence-corrected chi connectivity index (χ1v) is 13.9. The highest BCUT2D eigenvalue weighted by Gasteiger charge is 2.28. The van der Waals surface area contributed by atoms with Gasteiger partial charge in [-0.1, -0.05) is 45.1 Å². The Labute approximate surface area is 244 Å². The molecule has 1 aliphatic carbocycles. The van der Waals surface area contributed by atoms with Crippen LogP contribution in [-0.2, 0) is 4.79 Å². The van der Waals surface area contributed by atoms with Crippen molar-refractivity contribution >= 4 is 34.3 Å². The van der Waals surface area contributed by atoms with Gasteiger partial charge >= 0.3 is 0 Å². The van der Waals surface area contributed by atoms with Gasteiger partial charge in [0.1, 0.15) is 11.7 Å². The summed E-state index contributed by atoms with van der Waals surface area (Å²) < 4.78 is 16.4. The first-order chi connectivity index (χ1) is 20.3. The van der Waals surface area contributed by atoms with Crippen molar-refractivity contribution in [2.75, 3.05) is 17.3 Å². The van der Waals surface area contributed by atoms with Crippen LogP contribution in [0, 0.1) is 11.2 Å². The third kappa shape index (κ3) is 5.58. The molecule has 2 aliphatic heterocycles. The minimum Gasteiger partial charge on any atom is -0.343 e. The Kier molecular flexibility index (Phi) is 7.16. The number of anilines is 2. The van der Waals surface area contributed by atoms with Crippen molar-refractivity contribution in [3.63, 3.8) is 0 Å². The highest BCUT2D eigenvalue weighted by atomic mass is 19.1. The molecule has 0 radical (unpaired) electrons. The molecule has 42 heavy (non-hydrogen) atoms. The monoisotopic (exact) mass is 561 g/mol. The zero-order chi connectivity index (χ0) is 29.3. The molecule has 0 saturated carbocycles. The highest BCUT2D eigenvalue weighted by Crippen LogP contribution is 2.38. The first kappa shape index (κ1) is 27.1. The molecule has 1 amide bonds. The number of nitrogens with zero attached hydrogens (tertiary/aromatic N) is 3. The predicted molar refractivity (Wildman–Crippen MR) is 166 cm³/mol. The van der Waals surface area contributed by atoms with Gasteiger partial charge in [0.05, 0.1) is 29.8 Å². The standard InChI is InChI=1S/C33H32FN7O/c1-33(2,3)15-29(42)39-21-14-20(16-35-17-21)22-11-12-28-30(31(22)34)25(19-38-41-28)32-37-18-24-23(26-9-6-7-13-36-26)8-4-5-10-27(24)40-32/h4-9,11-14,16-17,19,38,41H,10,15,18H2,1-3H3,(H,37,40)(H,39,42). The minimum absolute atomic E-state index is 0.114. The number of pyridine rings is 2. The summed E-state index contributed by atoms with van der Waals surface area (Å²) in [5, 5.41) is 6.38. The topological polar surface area (TPSA) is 103 Å². The summed E-state index contributed by atoms with van der Waals surface area (Å²) in [5.74, 6) is 0.0567. The van der Waals surface area contributed by atoms with Crippen LogP contribution in [0.25, 0.3) is 22.3 Å². The maximum absolute atomic E-state index is 16.4. The number of amidine groups is 1. The van der Waals surface area contributed by atoms with Gasteiger partial charge in [0.15, 0.2) is 0 Å². The SMILES string of the molecule is CC(C)(C)CC(=O)Nc1cncc(-c2ccc3c(c2F)C(C2=NCC4=C(CC=CC=C4c4ccccn4)N2)=CNN3)c1. The van der Waals surface area contributed by atoms with E-state index >= 15 is 4.39 Å². The van der Waals surface area contributed by atoms with Crippen LogP contribution in [0.1, 0.15) is 44.9 Å². The summed E-state index contributed by atoms with van der Waals surface area (Å²) >= 11 is 0. The average Bonchev–Trinajstić information content (AvgIpc) is 3.19. The number of aromatic nitrogens is 2. The molecule has 8 nitrogen and oxygen atoms in total. The summed E-state index contributed by atoms with van der Waals surface area (Å²) in [7, 11) is 0. The molecule has 0 atom stereocenters. The quantitative estimate of drug-likeness (QED) is 0.295. The van der Waals surface area contributed by atoms with Crippen LogP contribution in [0.15, 0.2) is 95.7 Å². The number of halogens is 1. The molecule has 1 aromatic carbocycles. The van der Waals surface area contributed by atoms with Crippen LogP contribution in [0.2, 0.25) is 0 Å². The van der Waals surface area contributed by atoms with Gasteiger partial charge in [-0.25, -0.2) is 4.39 Å². The van der Waals surface area contributed by atoms with Gasteiger partial charge in [-0.3, -0.25) is 19.8 Å². The van der Waals surface area contributed by atoms with Crippen LogP contribution in [-0.4, -0.2) is 28.3 Å². The number of carbonyl (C=O) groups excluding carboxylic acids is 1. The van der Waals surface area contributed by atoms with E-state index in [0.717, 1.165) is 22.5 Å². The van der Waals surface area contributed by atoms with E-state index in [1.54, 1.807) is 36.9 Å². The lowest BCUT2D eigenvalue weighted by Gasteiger charge is -2.27. The van der Waals surface area contributed by atoms with Gasteiger partial charge in [-0.15, -0.1) is 0 Å². The molecule has 0 saturated heterocycles. The van der Waals surface area contributed by atoms with Crippen molar-refractivity contribution in [3.8, 4) is 11.1 Å². The van der Waals surface area contributed by atoms with E-state index < -0.39 is 5.82 Å². The molecule has 0 spiro atoms. The van der Waals surface area contributed by atoms with Crippen LogP contribution in [0.3, 0.4) is 0 Å². The van der Waals surface area contributed by atoms with E-state index in [9.17, 15) is 4.79 Å². The van der Waals surface area contributed by atoms with Crippen LogP contribution in [0.5, 0.6) is 0 Å². The average molecular weight is 562 g/mol. The second kappa shape index (κ2) is 11.1. The number of carbonyl (C=O) groups is 1. The van der Waals surface area contributed by atoms with E-state index in [1.165, 1.54) is 0 Å². The molecular formula is C33H32FN7O. The van der Waals surface area contributed by atoms with Gasteiger partial charge in [0, 0.05) is 70.5 Å². The maximum atomic E-state index is 16.4. The van der Waals surface area contributed by atoms with Gasteiger partial charge in [-0.2, -0.15) is 0 Å². The predicted octanol–water partition coefficient (Wildman–Crippen LogP) is 6.23. The zero-order valence-corrected chi connectivity index (χ0v) is 23.8. The number of nitrogens with one attached hydrogen (secondary N) is 4. The molecule has 4 heterocycles. The van der Waals surface area contributed by atoms with Crippen molar-refractivity contribution in [1.82, 2.24) is 20.7 Å². The highest BCUT2D eigenvalue weighted by molar-refractivity contribution is 6.25. The fraction of sp³-hybridized carbons (Fsp3) is 0.212. The van der Waals surface area contributed by atoms with Crippen molar-refractivity contribution in [2.45, 2.75) is 33.6 Å². The molecule has 9 heteroatoms. The van der Waals surface area contributed by atoms with Gasteiger partial charge in [0.2, 0.25) is 5.91 Å². The second-order valence-electron chi connectivity index (χ2n) is 11.6. The number of allylic oxidation sites excluding steroid dienone is 3. The molecule has 212 valence electrons. The van der Waals surface area contributed by atoms with Crippen molar-refractivity contribution < 1.29 is 9.18 Å². The number of hydrogen-bond acceptors (Lipinski definition) is 7. The summed E-state index contributed by atoms with van der Waals surface area (Å²) in [6.45, 7) is 6.44. The fourth-order valence-corrected chi connectivity index (χ4v) is 5.25. The zero-order valence-electron chi connectivity index (χ0n) is 23.8. The Hall–Kier alpha value is -5.05. The number of amides is 1. The summed E-state index contributed by atoms with van der Waals surface area (Å²) in [5.41, 5.74) is 12.9. The lowest BCUT2D eigenvalue weighted by Crippen LogP contribution is -2.33. The van der Waals surface area contributed by atoms with Crippen molar-refractivity contribution in [3.05, 3.63) is 108 Å². The summed E-state index contributed by atoms with van der Waals surface area (Å²) in [6.07, 6.45) is 13.9. The van der Waals surface area contributed by atoms with Crippen LogP contribution in [0.4, 0.5) is 15.8 Å². The number of rotatable bonds is 5. The van der Waals surface area contributed by atoms with Crippen LogP contribution >= 0.6 is 0 Å². The molecule has 3 aliphatic rings. The Balaban J connectivity index is 1.30. The van der Waals surface area contributed by atoms with Crippen LogP contribution < -0.4 is 21.5 Å². The Morgan fingerprint density at radius 1 is 1.12 bits per heavy atom. The third-order valence-corrected chi connectivity index (χ3v) is 7.13. The Morgan fingerprint density at radius 2 is 2.00 bits per heavy atom. The first-order valence-electron chi connectivity index (χ1n) is 13.9. The number of hydrazine groups is 1. The molecule has 6 rings (SSSR count). The molecule has 3 aromatic rings. The van der Waals surface area contributed by atoms with E-state index in [4.69, 9.17) is 4.99 Å². The summed E-state index contributed by atoms with van der Waals surface area (Å²) in [4.78, 5) is 26.2. The lowest BCUT2D eigenvalue weighted by molar-refractivity contribution is -0.117. The number of benzene rings is 1. The fourth-order valence-electron chi connectivity index (χ4n) is 5.25. The Bertz CT molecular complexity index is 1710. The minimum atomic E-state index is -0.410. The van der Waals surface area contributed by atoms with Gasteiger partial charge in [0.25, 0.3) is 0 Å². The smallest absolute Gasteiger partial charge is 0.224 e. The molecule has 4 N–H and O–H groups in total. The number of aliphatic imine (C=N–C) groups is 1. The molecule has 2 aromatic heterocycles. The Morgan fingerprint density at radius 3 is 2.81 bits per heavy atom. The second-order valence-corrected chi connectivity index (χ2v) is 11.6.